The van der Waals surface area contributed by atoms with Crippen molar-refractivity contribution in [3.8, 4) is 0 Å². The molecule has 0 unspecified atom stereocenters. The fourth-order valence-electron chi connectivity index (χ4n) is 1.17. The lowest BCUT2D eigenvalue weighted by molar-refractivity contribution is -0.131. The topological polar surface area (TPSA) is 79.3 Å². The Hall–Kier alpha value is -1.82. The number of nitrogens with one attached hydrogen (secondary N) is 1. The van der Waals surface area contributed by atoms with E-state index in [9.17, 15) is 9.59 Å². The number of rotatable bonds is 6. The number of nitrogens with zero attached hydrogens (tertiary/aromatic N) is 1. The Morgan fingerprint density at radius 2 is 2.28 bits per heavy atom. The molecule has 18 heavy (non-hydrogen) atoms. The third kappa shape index (κ3) is 5.49. The number of hydrogen-bond donors (Lipinski definition) is 2. The lowest BCUT2D eigenvalue weighted by Crippen LogP contribution is -2.13. The maximum Gasteiger partial charge on any atom is 0.328 e. The highest BCUT2D eigenvalue weighted by molar-refractivity contribution is 7.98. The van der Waals surface area contributed by atoms with Crippen molar-refractivity contribution in [2.75, 3.05) is 17.3 Å². The first-order valence-corrected chi connectivity index (χ1v) is 6.68. The number of thioether (sulfide) groups is 1. The Bertz CT molecular complexity index is 460. The first kappa shape index (κ1) is 14.2. The van der Waals surface area contributed by atoms with Crippen molar-refractivity contribution in [3.63, 3.8) is 0 Å². The minimum Gasteiger partial charge on any atom is -0.478 e. The van der Waals surface area contributed by atoms with Gasteiger partial charge in [0, 0.05) is 18.2 Å². The van der Waals surface area contributed by atoms with Crippen LogP contribution < -0.4 is 5.32 Å². The van der Waals surface area contributed by atoms with Crippen LogP contribution in [0.25, 0.3) is 6.08 Å². The fourth-order valence-corrected chi connectivity index (χ4v) is 1.56. The normalized spacial score (nSPS) is 10.5. The summed E-state index contributed by atoms with van der Waals surface area (Å²) in [4.78, 5) is 25.9. The highest BCUT2D eigenvalue weighted by Crippen LogP contribution is 2.07. The SMILES string of the molecule is CSCCC(=O)Nc1cccc(/C=C/C(=O)O)n1. The van der Waals surface area contributed by atoms with Crippen LogP contribution in [0.5, 0.6) is 0 Å². The van der Waals surface area contributed by atoms with Crippen LogP contribution in [0.3, 0.4) is 0 Å². The lowest BCUT2D eigenvalue weighted by atomic mass is 10.3. The van der Waals surface area contributed by atoms with Crippen LogP contribution in [0.1, 0.15) is 12.1 Å². The van der Waals surface area contributed by atoms with Gasteiger partial charge in [-0.3, -0.25) is 4.79 Å². The van der Waals surface area contributed by atoms with Crippen LogP contribution >= 0.6 is 11.8 Å². The third-order valence-corrected chi connectivity index (χ3v) is 2.58. The highest BCUT2D eigenvalue weighted by atomic mass is 32.2. The summed E-state index contributed by atoms with van der Waals surface area (Å²) >= 11 is 1.60. The molecule has 0 saturated carbocycles. The summed E-state index contributed by atoms with van der Waals surface area (Å²) in [6.45, 7) is 0. The quantitative estimate of drug-likeness (QED) is 0.768. The van der Waals surface area contributed by atoms with E-state index in [4.69, 9.17) is 5.11 Å². The standard InChI is InChI=1S/C12H14N2O3S/c1-18-8-7-11(15)14-10-4-2-3-9(13-10)5-6-12(16)17/h2-6H,7-8H2,1H3,(H,16,17)(H,13,14,15)/b6-5+. The zero-order chi connectivity index (χ0) is 13.4. The molecule has 1 aromatic rings. The number of pyridine rings is 1. The van der Waals surface area contributed by atoms with E-state index in [0.29, 0.717) is 17.9 Å². The second kappa shape index (κ2) is 7.50. The summed E-state index contributed by atoms with van der Waals surface area (Å²) in [6.07, 6.45) is 4.74. The summed E-state index contributed by atoms with van der Waals surface area (Å²) < 4.78 is 0. The fraction of sp³-hybridized carbons (Fsp3) is 0.250. The number of carboxylic acids is 1. The summed E-state index contributed by atoms with van der Waals surface area (Å²) in [6, 6.07) is 5.03. The van der Waals surface area contributed by atoms with Gasteiger partial charge in [-0.15, -0.1) is 0 Å². The molecule has 0 fully saturated rings. The summed E-state index contributed by atoms with van der Waals surface area (Å²) in [5.41, 5.74) is 0.486. The average Bonchev–Trinajstić information content (AvgIpc) is 2.34. The molecular weight excluding hydrogens is 252 g/mol. The van der Waals surface area contributed by atoms with E-state index in [1.54, 1.807) is 30.0 Å². The zero-order valence-electron chi connectivity index (χ0n) is 9.92. The van der Waals surface area contributed by atoms with Gasteiger partial charge < -0.3 is 10.4 Å². The molecule has 0 aliphatic rings. The first-order valence-electron chi connectivity index (χ1n) is 5.28. The number of aromatic nitrogens is 1. The van der Waals surface area contributed by atoms with Crippen molar-refractivity contribution in [2.24, 2.45) is 0 Å². The largest absolute Gasteiger partial charge is 0.478 e. The van der Waals surface area contributed by atoms with Crippen LogP contribution in [-0.4, -0.2) is 34.0 Å². The van der Waals surface area contributed by atoms with Crippen molar-refractivity contribution in [2.45, 2.75) is 6.42 Å². The molecule has 0 spiro atoms. The Labute approximate surface area is 109 Å². The monoisotopic (exact) mass is 266 g/mol. The Morgan fingerprint density at radius 3 is 2.94 bits per heavy atom. The van der Waals surface area contributed by atoms with Crippen LogP contribution in [0.2, 0.25) is 0 Å². The molecule has 0 saturated heterocycles. The van der Waals surface area contributed by atoms with Gasteiger partial charge in [0.05, 0.1) is 5.69 Å². The molecule has 6 heteroatoms. The van der Waals surface area contributed by atoms with E-state index in [2.05, 4.69) is 10.3 Å². The van der Waals surface area contributed by atoms with Crippen LogP contribution in [0, 0.1) is 0 Å². The van der Waals surface area contributed by atoms with Gasteiger partial charge in [-0.05, 0) is 24.5 Å². The predicted molar refractivity (Wildman–Crippen MR) is 72.5 cm³/mol. The summed E-state index contributed by atoms with van der Waals surface area (Å²) in [5.74, 6) is 0.0424. The molecule has 1 amide bonds. The Kier molecular flexibility index (Phi) is 5.93. The van der Waals surface area contributed by atoms with E-state index >= 15 is 0 Å². The van der Waals surface area contributed by atoms with Gasteiger partial charge in [0.2, 0.25) is 5.91 Å². The number of carboxylic acid groups (broad SMARTS) is 1. The van der Waals surface area contributed by atoms with Gasteiger partial charge in [0.25, 0.3) is 0 Å². The van der Waals surface area contributed by atoms with Gasteiger partial charge in [-0.2, -0.15) is 11.8 Å². The third-order valence-electron chi connectivity index (χ3n) is 1.97. The van der Waals surface area contributed by atoms with Crippen molar-refractivity contribution in [3.05, 3.63) is 30.0 Å². The van der Waals surface area contributed by atoms with E-state index < -0.39 is 5.97 Å². The average molecular weight is 266 g/mol. The van der Waals surface area contributed by atoms with Crippen LogP contribution in [0.4, 0.5) is 5.82 Å². The number of anilines is 1. The second-order valence-electron chi connectivity index (χ2n) is 3.41. The van der Waals surface area contributed by atoms with Crippen molar-refractivity contribution in [1.82, 2.24) is 4.98 Å². The van der Waals surface area contributed by atoms with E-state index in [0.717, 1.165) is 11.8 Å². The number of amides is 1. The number of hydrogen-bond acceptors (Lipinski definition) is 4. The number of carbonyl (C=O) groups is 2. The Balaban J connectivity index is 2.64. The summed E-state index contributed by atoms with van der Waals surface area (Å²) in [7, 11) is 0. The van der Waals surface area contributed by atoms with Crippen molar-refractivity contribution < 1.29 is 14.7 Å². The molecule has 0 aliphatic heterocycles. The van der Waals surface area contributed by atoms with Crippen LogP contribution in [0.15, 0.2) is 24.3 Å². The molecule has 0 bridgehead atoms. The van der Waals surface area contributed by atoms with E-state index in [1.165, 1.54) is 6.08 Å². The molecule has 1 aromatic heterocycles. The molecular formula is C12H14N2O3S. The second-order valence-corrected chi connectivity index (χ2v) is 4.40. The molecule has 0 aromatic carbocycles. The maximum atomic E-state index is 11.5. The van der Waals surface area contributed by atoms with Gasteiger partial charge in [-0.1, -0.05) is 6.07 Å². The van der Waals surface area contributed by atoms with E-state index in [-0.39, 0.29) is 5.91 Å². The van der Waals surface area contributed by atoms with E-state index in [1.807, 2.05) is 6.26 Å². The van der Waals surface area contributed by atoms with Gasteiger partial charge in [0.15, 0.2) is 0 Å². The Morgan fingerprint density at radius 1 is 1.50 bits per heavy atom. The zero-order valence-corrected chi connectivity index (χ0v) is 10.7. The molecule has 0 atom stereocenters. The van der Waals surface area contributed by atoms with Gasteiger partial charge in [-0.25, -0.2) is 9.78 Å². The maximum absolute atomic E-state index is 11.5. The van der Waals surface area contributed by atoms with Crippen LogP contribution in [-0.2, 0) is 9.59 Å². The molecule has 0 radical (unpaired) electrons. The summed E-state index contributed by atoms with van der Waals surface area (Å²) in [5, 5.41) is 11.2. The smallest absolute Gasteiger partial charge is 0.328 e. The molecule has 1 rings (SSSR count). The predicted octanol–water partition coefficient (Wildman–Crippen LogP) is 1.87. The molecule has 1 heterocycles. The van der Waals surface area contributed by atoms with Crippen molar-refractivity contribution in [1.29, 1.82) is 0 Å². The van der Waals surface area contributed by atoms with Gasteiger partial charge >= 0.3 is 5.97 Å². The minimum absolute atomic E-state index is 0.101. The minimum atomic E-state index is -1.04. The molecule has 2 N–H and O–H groups in total. The van der Waals surface area contributed by atoms with Gasteiger partial charge in [0.1, 0.15) is 5.82 Å². The molecule has 0 aliphatic carbocycles. The number of aliphatic carboxylic acids is 1. The molecule has 96 valence electrons. The number of carbonyl (C=O) groups excluding carboxylic acids is 1. The molecule has 5 nitrogen and oxygen atoms in total. The highest BCUT2D eigenvalue weighted by Gasteiger charge is 2.02. The lowest BCUT2D eigenvalue weighted by Gasteiger charge is -2.04. The van der Waals surface area contributed by atoms with Crippen molar-refractivity contribution >= 4 is 35.5 Å². The first-order chi connectivity index (χ1) is 8.61.